The second-order valence-electron chi connectivity index (χ2n) is 5.21. The first-order valence-electron chi connectivity index (χ1n) is 6.97. The number of nitrogens with zero attached hydrogens (tertiary/aromatic N) is 1. The molecule has 0 aliphatic rings. The minimum atomic E-state index is -3.63. The van der Waals surface area contributed by atoms with Crippen LogP contribution in [0.15, 0.2) is 42.5 Å². The van der Waals surface area contributed by atoms with Crippen molar-refractivity contribution in [3.63, 3.8) is 0 Å². The molecule has 0 radical (unpaired) electrons. The fourth-order valence-electron chi connectivity index (χ4n) is 2.14. The van der Waals surface area contributed by atoms with Crippen LogP contribution in [0.25, 0.3) is 0 Å². The Morgan fingerprint density at radius 2 is 1.79 bits per heavy atom. The number of anilines is 2. The van der Waals surface area contributed by atoms with E-state index < -0.39 is 15.9 Å². The molecule has 0 saturated heterocycles. The maximum Gasteiger partial charge on any atom is 0.245 e. The van der Waals surface area contributed by atoms with E-state index in [0.29, 0.717) is 16.4 Å². The van der Waals surface area contributed by atoms with E-state index in [1.807, 2.05) is 0 Å². The molecule has 5 nitrogen and oxygen atoms in total. The summed E-state index contributed by atoms with van der Waals surface area (Å²) in [5.41, 5.74) is 1.52. The zero-order chi connectivity index (χ0) is 17.9. The van der Waals surface area contributed by atoms with Gasteiger partial charge in [0.2, 0.25) is 15.9 Å². The van der Waals surface area contributed by atoms with Crippen molar-refractivity contribution in [3.05, 3.63) is 58.1 Å². The van der Waals surface area contributed by atoms with E-state index in [4.69, 9.17) is 23.2 Å². The molecule has 0 aliphatic carbocycles. The molecule has 0 spiro atoms. The van der Waals surface area contributed by atoms with Gasteiger partial charge in [0, 0.05) is 0 Å². The van der Waals surface area contributed by atoms with Crippen molar-refractivity contribution in [2.24, 2.45) is 0 Å². The van der Waals surface area contributed by atoms with E-state index in [-0.39, 0.29) is 11.6 Å². The first-order valence-corrected chi connectivity index (χ1v) is 9.58. The SMILES string of the molecule is Cc1ccccc1N(CC(=O)Nc1cccc(Cl)c1Cl)S(C)(=O)=O. The summed E-state index contributed by atoms with van der Waals surface area (Å²) >= 11 is 11.9. The molecule has 0 aliphatic heterocycles. The number of amides is 1. The smallest absolute Gasteiger partial charge is 0.245 e. The van der Waals surface area contributed by atoms with E-state index in [1.54, 1.807) is 49.4 Å². The van der Waals surface area contributed by atoms with Gasteiger partial charge in [-0.2, -0.15) is 0 Å². The predicted molar refractivity (Wildman–Crippen MR) is 98.5 cm³/mol. The Kier molecular flexibility index (Phi) is 5.74. The molecule has 0 saturated carbocycles. The lowest BCUT2D eigenvalue weighted by Crippen LogP contribution is -2.37. The third-order valence-corrected chi connectivity index (χ3v) is 5.24. The molecule has 0 aromatic heterocycles. The average Bonchev–Trinajstić information content (AvgIpc) is 2.49. The van der Waals surface area contributed by atoms with Crippen LogP contribution in [0.1, 0.15) is 5.56 Å². The minimum absolute atomic E-state index is 0.203. The lowest BCUT2D eigenvalue weighted by atomic mass is 10.2. The van der Waals surface area contributed by atoms with Gasteiger partial charge in [0.05, 0.1) is 27.7 Å². The van der Waals surface area contributed by atoms with Crippen LogP contribution >= 0.6 is 23.2 Å². The van der Waals surface area contributed by atoms with Gasteiger partial charge in [-0.1, -0.05) is 47.5 Å². The molecule has 0 atom stereocenters. The Morgan fingerprint density at radius 3 is 2.42 bits per heavy atom. The third-order valence-electron chi connectivity index (χ3n) is 3.30. The predicted octanol–water partition coefficient (Wildman–Crippen LogP) is 3.71. The van der Waals surface area contributed by atoms with Gasteiger partial charge < -0.3 is 5.32 Å². The molecule has 2 aromatic carbocycles. The number of nitrogens with one attached hydrogen (secondary N) is 1. The normalized spacial score (nSPS) is 11.2. The molecular formula is C16H16Cl2N2O3S. The van der Waals surface area contributed by atoms with Crippen LogP contribution in [0.2, 0.25) is 10.0 Å². The van der Waals surface area contributed by atoms with E-state index in [2.05, 4.69) is 5.32 Å². The van der Waals surface area contributed by atoms with E-state index >= 15 is 0 Å². The van der Waals surface area contributed by atoms with Gasteiger partial charge >= 0.3 is 0 Å². The van der Waals surface area contributed by atoms with E-state index in [1.165, 1.54) is 0 Å². The summed E-state index contributed by atoms with van der Waals surface area (Å²) < 4.78 is 25.2. The Labute approximate surface area is 151 Å². The second-order valence-corrected chi connectivity index (χ2v) is 7.90. The quantitative estimate of drug-likeness (QED) is 0.851. The van der Waals surface area contributed by atoms with Crippen LogP contribution in [0, 0.1) is 6.92 Å². The lowest BCUT2D eigenvalue weighted by Gasteiger charge is -2.23. The topological polar surface area (TPSA) is 66.5 Å². The van der Waals surface area contributed by atoms with Gasteiger partial charge in [0.25, 0.3) is 0 Å². The first-order chi connectivity index (χ1) is 11.2. The van der Waals surface area contributed by atoms with Crippen LogP contribution in [-0.2, 0) is 14.8 Å². The van der Waals surface area contributed by atoms with Crippen molar-refractivity contribution in [1.82, 2.24) is 0 Å². The van der Waals surface area contributed by atoms with Crippen molar-refractivity contribution in [2.45, 2.75) is 6.92 Å². The van der Waals surface area contributed by atoms with Gasteiger partial charge in [-0.05, 0) is 30.7 Å². The fourth-order valence-corrected chi connectivity index (χ4v) is 3.41. The van der Waals surface area contributed by atoms with Crippen LogP contribution in [0.4, 0.5) is 11.4 Å². The van der Waals surface area contributed by atoms with Gasteiger partial charge in [0.15, 0.2) is 0 Å². The highest BCUT2D eigenvalue weighted by atomic mass is 35.5. The molecule has 2 aromatic rings. The van der Waals surface area contributed by atoms with Crippen molar-refractivity contribution in [1.29, 1.82) is 0 Å². The molecule has 0 heterocycles. The summed E-state index contributed by atoms with van der Waals surface area (Å²) in [6.45, 7) is 1.41. The Morgan fingerprint density at radius 1 is 1.12 bits per heavy atom. The zero-order valence-corrected chi connectivity index (χ0v) is 15.4. The van der Waals surface area contributed by atoms with Crippen molar-refractivity contribution in [3.8, 4) is 0 Å². The van der Waals surface area contributed by atoms with Crippen LogP contribution < -0.4 is 9.62 Å². The highest BCUT2D eigenvalue weighted by Gasteiger charge is 2.22. The molecule has 24 heavy (non-hydrogen) atoms. The Bertz CT molecular complexity index is 869. The highest BCUT2D eigenvalue weighted by molar-refractivity contribution is 7.92. The van der Waals surface area contributed by atoms with Crippen LogP contribution in [0.3, 0.4) is 0 Å². The van der Waals surface area contributed by atoms with Crippen molar-refractivity contribution >= 4 is 50.5 Å². The summed E-state index contributed by atoms with van der Waals surface area (Å²) in [7, 11) is -3.63. The maximum atomic E-state index is 12.3. The highest BCUT2D eigenvalue weighted by Crippen LogP contribution is 2.29. The monoisotopic (exact) mass is 386 g/mol. The van der Waals surface area contributed by atoms with Crippen LogP contribution in [0.5, 0.6) is 0 Å². The zero-order valence-electron chi connectivity index (χ0n) is 13.1. The Balaban J connectivity index is 2.26. The number of rotatable bonds is 5. The molecule has 2 rings (SSSR count). The van der Waals surface area contributed by atoms with Crippen LogP contribution in [-0.4, -0.2) is 27.1 Å². The third kappa shape index (κ3) is 4.41. The summed E-state index contributed by atoms with van der Waals surface area (Å²) in [6.07, 6.45) is 1.05. The number of hydrogen-bond acceptors (Lipinski definition) is 3. The van der Waals surface area contributed by atoms with Crippen molar-refractivity contribution < 1.29 is 13.2 Å². The molecule has 1 N–H and O–H groups in total. The number of para-hydroxylation sites is 1. The maximum absolute atomic E-state index is 12.3. The Hall–Kier alpha value is -1.76. The lowest BCUT2D eigenvalue weighted by molar-refractivity contribution is -0.114. The summed E-state index contributed by atoms with van der Waals surface area (Å²) in [6, 6.07) is 11.8. The van der Waals surface area contributed by atoms with E-state index in [0.717, 1.165) is 16.1 Å². The van der Waals surface area contributed by atoms with Gasteiger partial charge in [-0.25, -0.2) is 8.42 Å². The average molecular weight is 387 g/mol. The van der Waals surface area contributed by atoms with Crippen molar-refractivity contribution in [2.75, 3.05) is 22.4 Å². The number of carbonyl (C=O) groups excluding carboxylic acids is 1. The summed E-state index contributed by atoms with van der Waals surface area (Å²) in [5.74, 6) is -0.521. The molecule has 128 valence electrons. The number of halogens is 2. The molecule has 0 fully saturated rings. The number of carbonyl (C=O) groups is 1. The van der Waals surface area contributed by atoms with E-state index in [9.17, 15) is 13.2 Å². The van der Waals surface area contributed by atoms with Gasteiger partial charge in [-0.15, -0.1) is 0 Å². The molecule has 1 amide bonds. The minimum Gasteiger partial charge on any atom is -0.323 e. The number of aryl methyl sites for hydroxylation is 1. The number of sulfonamides is 1. The first kappa shape index (κ1) is 18.6. The molecule has 8 heteroatoms. The summed E-state index contributed by atoms with van der Waals surface area (Å²) in [4.78, 5) is 12.3. The number of benzene rings is 2. The molecule has 0 unspecified atom stereocenters. The summed E-state index contributed by atoms with van der Waals surface area (Å²) in [5, 5.41) is 3.08. The second kappa shape index (κ2) is 7.42. The molecular weight excluding hydrogens is 371 g/mol. The molecule has 0 bridgehead atoms. The number of hydrogen-bond donors (Lipinski definition) is 1. The standard InChI is InChI=1S/C16H16Cl2N2O3S/c1-11-6-3-4-9-14(11)20(24(2,22)23)10-15(21)19-13-8-5-7-12(17)16(13)18/h3-9H,10H2,1-2H3,(H,19,21). The van der Waals surface area contributed by atoms with Gasteiger partial charge in [-0.3, -0.25) is 9.10 Å². The van der Waals surface area contributed by atoms with Gasteiger partial charge in [0.1, 0.15) is 6.54 Å². The fraction of sp³-hybridized carbons (Fsp3) is 0.188. The largest absolute Gasteiger partial charge is 0.323 e.